The van der Waals surface area contributed by atoms with E-state index < -0.39 is 9.84 Å². The van der Waals surface area contributed by atoms with Gasteiger partial charge in [-0.3, -0.25) is 4.68 Å². The number of benzene rings is 2. The van der Waals surface area contributed by atoms with Crippen molar-refractivity contribution >= 4 is 20.7 Å². The van der Waals surface area contributed by atoms with Crippen molar-refractivity contribution in [1.29, 1.82) is 0 Å². The van der Waals surface area contributed by atoms with Crippen molar-refractivity contribution in [2.45, 2.75) is 11.4 Å². The second-order valence-electron chi connectivity index (χ2n) is 6.23. The Bertz CT molecular complexity index is 1180. The van der Waals surface area contributed by atoms with Gasteiger partial charge >= 0.3 is 0 Å². The predicted octanol–water partition coefficient (Wildman–Crippen LogP) is 3.55. The molecule has 2 aromatic heterocycles. The molecule has 2 aromatic carbocycles. The molecule has 0 unspecified atom stereocenters. The summed E-state index contributed by atoms with van der Waals surface area (Å²) >= 11 is 0. The van der Waals surface area contributed by atoms with Gasteiger partial charge in [0.05, 0.1) is 28.8 Å². The number of fused-ring (bicyclic) bond motifs is 1. The van der Waals surface area contributed by atoms with Gasteiger partial charge in [0.25, 0.3) is 0 Å². The molecule has 4 rings (SSSR count). The quantitative estimate of drug-likeness (QED) is 0.556. The Hall–Kier alpha value is -2.99. The lowest BCUT2D eigenvalue weighted by Gasteiger charge is -2.04. The molecule has 0 saturated heterocycles. The molecule has 0 bridgehead atoms. The normalized spacial score (nSPS) is 11.7. The molecule has 26 heavy (non-hydrogen) atoms. The van der Waals surface area contributed by atoms with Crippen molar-refractivity contribution < 1.29 is 8.42 Å². The Morgan fingerprint density at radius 3 is 2.50 bits per heavy atom. The van der Waals surface area contributed by atoms with Crippen LogP contribution >= 0.6 is 0 Å². The lowest BCUT2D eigenvalue weighted by molar-refractivity contribution is 0.602. The average molecular weight is 363 g/mol. The van der Waals surface area contributed by atoms with Gasteiger partial charge in [-0.2, -0.15) is 5.10 Å². The van der Waals surface area contributed by atoms with E-state index >= 15 is 0 Å². The maximum absolute atomic E-state index is 11.5. The Morgan fingerprint density at radius 1 is 0.962 bits per heavy atom. The highest BCUT2D eigenvalue weighted by Gasteiger charge is 2.08. The summed E-state index contributed by atoms with van der Waals surface area (Å²) in [6.45, 7) is 0.567. The first-order chi connectivity index (χ1) is 12.5. The molecule has 6 heteroatoms. The van der Waals surface area contributed by atoms with Crippen LogP contribution in [0, 0.1) is 0 Å². The van der Waals surface area contributed by atoms with Crippen molar-refractivity contribution in [2.75, 3.05) is 6.26 Å². The molecule has 0 spiro atoms. The van der Waals surface area contributed by atoms with E-state index in [2.05, 4.69) is 16.1 Å². The molecule has 0 amide bonds. The Balaban J connectivity index is 1.57. The summed E-state index contributed by atoms with van der Waals surface area (Å²) in [5.74, 6) is 0. The van der Waals surface area contributed by atoms with Crippen molar-refractivity contribution in [3.63, 3.8) is 0 Å². The summed E-state index contributed by atoms with van der Waals surface area (Å²) in [5, 5.41) is 5.50. The van der Waals surface area contributed by atoms with E-state index in [1.807, 2.05) is 53.3 Å². The number of rotatable bonds is 4. The number of aromatic nitrogens is 3. The van der Waals surface area contributed by atoms with Crippen LogP contribution in [0.3, 0.4) is 0 Å². The van der Waals surface area contributed by atoms with Crippen LogP contribution in [0.4, 0.5) is 0 Å². The van der Waals surface area contributed by atoms with Crippen molar-refractivity contribution in [1.82, 2.24) is 14.8 Å². The smallest absolute Gasteiger partial charge is 0.175 e. The van der Waals surface area contributed by atoms with Gasteiger partial charge in [0.1, 0.15) is 0 Å². The molecule has 0 aliphatic carbocycles. The number of sulfone groups is 1. The zero-order chi connectivity index (χ0) is 18.1. The first-order valence-electron chi connectivity index (χ1n) is 8.17. The molecule has 0 saturated carbocycles. The molecule has 130 valence electrons. The van der Waals surface area contributed by atoms with E-state index in [0.29, 0.717) is 11.4 Å². The maximum atomic E-state index is 11.5. The van der Waals surface area contributed by atoms with Crippen LogP contribution in [0.2, 0.25) is 0 Å². The van der Waals surface area contributed by atoms with Crippen LogP contribution in [0.25, 0.3) is 22.2 Å². The minimum Gasteiger partial charge on any atom is -0.268 e. The van der Waals surface area contributed by atoms with E-state index in [0.717, 1.165) is 27.7 Å². The molecule has 0 fully saturated rings. The second-order valence-corrected chi connectivity index (χ2v) is 8.25. The number of para-hydroxylation sites is 1. The van der Waals surface area contributed by atoms with E-state index in [-0.39, 0.29) is 0 Å². The van der Waals surface area contributed by atoms with Crippen molar-refractivity contribution in [3.05, 3.63) is 78.6 Å². The summed E-state index contributed by atoms with van der Waals surface area (Å²) in [4.78, 5) is 5.01. The summed E-state index contributed by atoms with van der Waals surface area (Å²) in [6.07, 6.45) is 4.95. The zero-order valence-corrected chi connectivity index (χ0v) is 15.0. The molecule has 0 aliphatic rings. The standard InChI is InChI=1S/C20H17N3O2S/c1-26(24,25)18-9-6-15(7-10-18)13-23-14-17(12-21-23)20-11-8-16-4-2-3-5-19(16)22-20/h2-12,14H,13H2,1H3. The number of nitrogens with zero attached hydrogens (tertiary/aromatic N) is 3. The predicted molar refractivity (Wildman–Crippen MR) is 102 cm³/mol. The molecule has 0 aliphatic heterocycles. The van der Waals surface area contributed by atoms with Crippen molar-refractivity contribution in [3.8, 4) is 11.3 Å². The summed E-state index contributed by atoms with van der Waals surface area (Å²) in [5.41, 5.74) is 3.76. The third-order valence-electron chi connectivity index (χ3n) is 4.22. The molecule has 0 atom stereocenters. The minimum atomic E-state index is -3.17. The fourth-order valence-electron chi connectivity index (χ4n) is 2.84. The summed E-state index contributed by atoms with van der Waals surface area (Å²) < 4.78 is 24.9. The molecular weight excluding hydrogens is 346 g/mol. The van der Waals surface area contributed by atoms with Gasteiger partial charge in [-0.1, -0.05) is 36.4 Å². The lowest BCUT2D eigenvalue weighted by atomic mass is 10.1. The van der Waals surface area contributed by atoms with E-state index in [4.69, 9.17) is 0 Å². The van der Waals surface area contributed by atoms with Gasteiger partial charge in [-0.15, -0.1) is 0 Å². The second kappa shape index (κ2) is 6.38. The highest BCUT2D eigenvalue weighted by Crippen LogP contribution is 2.21. The Labute approximate surface area is 151 Å². The molecule has 2 heterocycles. The van der Waals surface area contributed by atoms with E-state index in [1.54, 1.807) is 18.3 Å². The third-order valence-corrected chi connectivity index (χ3v) is 5.35. The fraction of sp³-hybridized carbons (Fsp3) is 0.100. The maximum Gasteiger partial charge on any atom is 0.175 e. The number of pyridine rings is 1. The van der Waals surface area contributed by atoms with Gasteiger partial charge in [0.2, 0.25) is 0 Å². The highest BCUT2D eigenvalue weighted by atomic mass is 32.2. The van der Waals surface area contributed by atoms with Gasteiger partial charge in [-0.25, -0.2) is 13.4 Å². The summed E-state index contributed by atoms with van der Waals surface area (Å²) in [6, 6.07) is 18.9. The minimum absolute atomic E-state index is 0.322. The van der Waals surface area contributed by atoms with E-state index in [1.165, 1.54) is 6.26 Å². The molecule has 0 radical (unpaired) electrons. The van der Waals surface area contributed by atoms with Crippen LogP contribution in [0.15, 0.2) is 78.0 Å². The van der Waals surface area contributed by atoms with Crippen LogP contribution in [0.1, 0.15) is 5.56 Å². The SMILES string of the molecule is CS(=O)(=O)c1ccc(Cn2cc(-c3ccc4ccccc4n3)cn2)cc1. The first-order valence-corrected chi connectivity index (χ1v) is 10.1. The Kier molecular flexibility index (Phi) is 4.05. The lowest BCUT2D eigenvalue weighted by Crippen LogP contribution is -2.01. The molecule has 5 nitrogen and oxygen atoms in total. The molecule has 0 N–H and O–H groups in total. The highest BCUT2D eigenvalue weighted by molar-refractivity contribution is 7.90. The fourth-order valence-corrected chi connectivity index (χ4v) is 3.47. The van der Waals surface area contributed by atoms with E-state index in [9.17, 15) is 8.42 Å². The summed E-state index contributed by atoms with van der Waals surface area (Å²) in [7, 11) is -3.17. The topological polar surface area (TPSA) is 64.8 Å². The van der Waals surface area contributed by atoms with Gasteiger partial charge in [0, 0.05) is 23.4 Å². The monoisotopic (exact) mass is 363 g/mol. The third kappa shape index (κ3) is 3.36. The first kappa shape index (κ1) is 16.5. The average Bonchev–Trinajstić information content (AvgIpc) is 3.09. The zero-order valence-electron chi connectivity index (χ0n) is 14.2. The Morgan fingerprint density at radius 2 is 1.73 bits per heavy atom. The number of hydrogen-bond donors (Lipinski definition) is 0. The van der Waals surface area contributed by atoms with Crippen LogP contribution in [-0.4, -0.2) is 29.4 Å². The van der Waals surface area contributed by atoms with Crippen LogP contribution < -0.4 is 0 Å². The largest absolute Gasteiger partial charge is 0.268 e. The van der Waals surface area contributed by atoms with Gasteiger partial charge in [0.15, 0.2) is 9.84 Å². The van der Waals surface area contributed by atoms with Gasteiger partial charge in [-0.05, 0) is 29.8 Å². The van der Waals surface area contributed by atoms with Crippen LogP contribution in [-0.2, 0) is 16.4 Å². The van der Waals surface area contributed by atoms with Crippen LogP contribution in [0.5, 0.6) is 0 Å². The molecular formula is C20H17N3O2S. The number of hydrogen-bond acceptors (Lipinski definition) is 4. The molecule has 4 aromatic rings. The van der Waals surface area contributed by atoms with Gasteiger partial charge < -0.3 is 0 Å². The van der Waals surface area contributed by atoms with Crippen molar-refractivity contribution in [2.24, 2.45) is 0 Å².